The molecule has 2 heterocycles. The first-order valence-corrected chi connectivity index (χ1v) is 7.49. The summed E-state index contributed by atoms with van der Waals surface area (Å²) in [5, 5.41) is 4.44. The van der Waals surface area contributed by atoms with E-state index in [-0.39, 0.29) is 18.3 Å². The van der Waals surface area contributed by atoms with Crippen molar-refractivity contribution < 1.29 is 9.18 Å². The Morgan fingerprint density at radius 1 is 1.12 bits per heavy atom. The summed E-state index contributed by atoms with van der Waals surface area (Å²) in [6, 6.07) is 12.6. The van der Waals surface area contributed by atoms with E-state index < -0.39 is 0 Å². The highest BCUT2D eigenvalue weighted by Gasteiger charge is 2.09. The molecule has 2 aromatic heterocycles. The van der Waals surface area contributed by atoms with E-state index in [0.717, 1.165) is 16.8 Å². The number of carbonyl (C=O) groups is 1. The van der Waals surface area contributed by atoms with Crippen molar-refractivity contribution in [3.63, 3.8) is 0 Å². The Balaban J connectivity index is 1.85. The molecule has 24 heavy (non-hydrogen) atoms. The van der Waals surface area contributed by atoms with Gasteiger partial charge in [0.2, 0.25) is 5.91 Å². The Labute approximate surface area is 139 Å². The van der Waals surface area contributed by atoms with Crippen LogP contribution in [0.5, 0.6) is 0 Å². The van der Waals surface area contributed by atoms with Crippen LogP contribution in [0, 0.1) is 5.82 Å². The van der Waals surface area contributed by atoms with Gasteiger partial charge in [-0.1, -0.05) is 18.2 Å². The number of rotatable bonds is 4. The normalized spacial score (nSPS) is 10.6. The van der Waals surface area contributed by atoms with Crippen LogP contribution in [0.3, 0.4) is 0 Å². The van der Waals surface area contributed by atoms with Gasteiger partial charge in [0.15, 0.2) is 0 Å². The lowest BCUT2D eigenvalue weighted by molar-refractivity contribution is -0.129. The van der Waals surface area contributed by atoms with Crippen molar-refractivity contribution in [2.24, 2.45) is 0 Å². The zero-order valence-corrected chi connectivity index (χ0v) is 13.5. The molecule has 0 aliphatic rings. The van der Waals surface area contributed by atoms with Crippen LogP contribution in [0.4, 0.5) is 4.39 Å². The fraction of sp³-hybridized carbons (Fsp3) is 0.167. The van der Waals surface area contributed by atoms with Crippen LogP contribution in [0.2, 0.25) is 0 Å². The molecule has 5 nitrogen and oxygen atoms in total. The number of nitrogens with zero attached hydrogens (tertiary/aromatic N) is 4. The molecule has 0 unspecified atom stereocenters. The van der Waals surface area contributed by atoms with Crippen molar-refractivity contribution in [3.05, 3.63) is 60.7 Å². The lowest BCUT2D eigenvalue weighted by Crippen LogP contribution is -2.26. The Hall–Kier alpha value is -3.02. The van der Waals surface area contributed by atoms with E-state index in [2.05, 4.69) is 10.1 Å². The quantitative estimate of drug-likeness (QED) is 0.741. The van der Waals surface area contributed by atoms with Crippen molar-refractivity contribution in [1.29, 1.82) is 0 Å². The molecule has 0 atom stereocenters. The van der Waals surface area contributed by atoms with Crippen molar-refractivity contribution in [2.45, 2.75) is 6.54 Å². The number of halogens is 1. The summed E-state index contributed by atoms with van der Waals surface area (Å²) in [6.45, 7) is 0.201. The standard InChI is InChI=1S/C18H17FN4O/c1-22(2)18(24)12-23-9-8-17(21-23)14-5-3-4-13(10-14)16-7-6-15(19)11-20-16/h3-11H,12H2,1-2H3. The number of pyridine rings is 1. The number of likely N-dealkylation sites (N-methyl/N-ethyl adjacent to an activating group) is 1. The van der Waals surface area contributed by atoms with Crippen LogP contribution in [0.1, 0.15) is 0 Å². The molecule has 3 aromatic rings. The Morgan fingerprint density at radius 2 is 1.88 bits per heavy atom. The van der Waals surface area contributed by atoms with Gasteiger partial charge in [-0.3, -0.25) is 14.5 Å². The second-order valence-electron chi connectivity index (χ2n) is 5.63. The number of benzene rings is 1. The fourth-order valence-electron chi connectivity index (χ4n) is 2.27. The van der Waals surface area contributed by atoms with Crippen molar-refractivity contribution in [1.82, 2.24) is 19.7 Å². The summed E-state index contributed by atoms with van der Waals surface area (Å²) in [4.78, 5) is 17.4. The molecule has 6 heteroatoms. The molecular weight excluding hydrogens is 307 g/mol. The van der Waals surface area contributed by atoms with Gasteiger partial charge in [-0.2, -0.15) is 5.10 Å². The molecule has 0 spiro atoms. The Morgan fingerprint density at radius 3 is 2.54 bits per heavy atom. The third-order valence-electron chi connectivity index (χ3n) is 3.62. The molecule has 1 aromatic carbocycles. The predicted octanol–water partition coefficient (Wildman–Crippen LogP) is 2.84. The first-order valence-electron chi connectivity index (χ1n) is 7.49. The highest BCUT2D eigenvalue weighted by atomic mass is 19.1. The van der Waals surface area contributed by atoms with Gasteiger partial charge >= 0.3 is 0 Å². The van der Waals surface area contributed by atoms with E-state index >= 15 is 0 Å². The molecule has 0 aliphatic heterocycles. The van der Waals surface area contributed by atoms with E-state index in [4.69, 9.17) is 0 Å². The largest absolute Gasteiger partial charge is 0.347 e. The maximum Gasteiger partial charge on any atom is 0.243 e. The number of carbonyl (C=O) groups excluding carboxylic acids is 1. The van der Waals surface area contributed by atoms with Crippen molar-refractivity contribution in [2.75, 3.05) is 14.1 Å². The smallest absolute Gasteiger partial charge is 0.243 e. The van der Waals surface area contributed by atoms with Crippen LogP contribution in [-0.4, -0.2) is 39.7 Å². The summed E-state index contributed by atoms with van der Waals surface area (Å²) in [7, 11) is 3.43. The summed E-state index contributed by atoms with van der Waals surface area (Å²) < 4.78 is 14.6. The van der Waals surface area contributed by atoms with Crippen LogP contribution < -0.4 is 0 Å². The summed E-state index contributed by atoms with van der Waals surface area (Å²) in [5.74, 6) is -0.381. The monoisotopic (exact) mass is 324 g/mol. The number of hydrogen-bond acceptors (Lipinski definition) is 3. The minimum absolute atomic E-state index is 0.0195. The zero-order chi connectivity index (χ0) is 17.1. The average Bonchev–Trinajstić information content (AvgIpc) is 3.04. The molecule has 0 saturated carbocycles. The first-order chi connectivity index (χ1) is 11.5. The molecule has 122 valence electrons. The topological polar surface area (TPSA) is 51.0 Å². The SMILES string of the molecule is CN(C)C(=O)Cn1ccc(-c2cccc(-c3ccc(F)cn3)c2)n1. The summed E-state index contributed by atoms with van der Waals surface area (Å²) in [6.07, 6.45) is 2.98. The van der Waals surface area contributed by atoms with Gasteiger partial charge in [-0.15, -0.1) is 0 Å². The highest BCUT2D eigenvalue weighted by molar-refractivity contribution is 5.75. The summed E-state index contributed by atoms with van der Waals surface area (Å²) >= 11 is 0. The molecular formula is C18H17FN4O. The lowest BCUT2D eigenvalue weighted by atomic mass is 10.1. The third kappa shape index (κ3) is 3.48. The van der Waals surface area contributed by atoms with Crippen LogP contribution in [-0.2, 0) is 11.3 Å². The average molecular weight is 324 g/mol. The Kier molecular flexibility index (Phi) is 4.37. The molecule has 0 aliphatic carbocycles. The second kappa shape index (κ2) is 6.62. The molecule has 0 bridgehead atoms. The van der Waals surface area contributed by atoms with Crippen LogP contribution in [0.15, 0.2) is 54.9 Å². The van der Waals surface area contributed by atoms with Gasteiger partial charge in [0, 0.05) is 31.4 Å². The molecule has 0 N–H and O–H groups in total. The lowest BCUT2D eigenvalue weighted by Gasteiger charge is -2.09. The highest BCUT2D eigenvalue weighted by Crippen LogP contribution is 2.24. The van der Waals surface area contributed by atoms with E-state index in [1.54, 1.807) is 31.0 Å². The third-order valence-corrected chi connectivity index (χ3v) is 3.62. The van der Waals surface area contributed by atoms with Gasteiger partial charge < -0.3 is 4.90 Å². The first kappa shape index (κ1) is 15.9. The molecule has 0 radical (unpaired) electrons. The second-order valence-corrected chi connectivity index (χ2v) is 5.63. The van der Waals surface area contributed by atoms with Crippen LogP contribution >= 0.6 is 0 Å². The predicted molar refractivity (Wildman–Crippen MR) is 89.5 cm³/mol. The van der Waals surface area contributed by atoms with Crippen molar-refractivity contribution in [3.8, 4) is 22.5 Å². The summed E-state index contributed by atoms with van der Waals surface area (Å²) in [5.41, 5.74) is 3.26. The number of hydrogen-bond donors (Lipinski definition) is 0. The molecule has 3 rings (SSSR count). The number of amides is 1. The van der Waals surface area contributed by atoms with Gasteiger partial charge in [0.25, 0.3) is 0 Å². The van der Waals surface area contributed by atoms with Gasteiger partial charge in [0.05, 0.1) is 17.6 Å². The van der Waals surface area contributed by atoms with E-state index in [0.29, 0.717) is 5.69 Å². The van der Waals surface area contributed by atoms with Gasteiger partial charge in [0.1, 0.15) is 12.4 Å². The zero-order valence-electron chi connectivity index (χ0n) is 13.5. The van der Waals surface area contributed by atoms with E-state index in [9.17, 15) is 9.18 Å². The Bertz CT molecular complexity index is 855. The van der Waals surface area contributed by atoms with E-state index in [1.807, 2.05) is 30.3 Å². The fourth-order valence-corrected chi connectivity index (χ4v) is 2.27. The molecule has 1 amide bonds. The van der Waals surface area contributed by atoms with Gasteiger partial charge in [-0.05, 0) is 24.3 Å². The molecule has 0 fully saturated rings. The van der Waals surface area contributed by atoms with Gasteiger partial charge in [-0.25, -0.2) is 4.39 Å². The van der Waals surface area contributed by atoms with E-state index in [1.165, 1.54) is 17.2 Å². The maximum atomic E-state index is 13.0. The maximum absolute atomic E-state index is 13.0. The number of aromatic nitrogens is 3. The molecule has 0 saturated heterocycles. The minimum Gasteiger partial charge on any atom is -0.347 e. The van der Waals surface area contributed by atoms with Crippen molar-refractivity contribution >= 4 is 5.91 Å². The minimum atomic E-state index is -0.362. The van der Waals surface area contributed by atoms with Crippen LogP contribution in [0.25, 0.3) is 22.5 Å².